The largest absolute Gasteiger partial charge is 0.378 e. The lowest BCUT2D eigenvalue weighted by Gasteiger charge is -2.26. The smallest absolute Gasteiger partial charge is 0.152 e. The van der Waals surface area contributed by atoms with Crippen molar-refractivity contribution < 1.29 is 9.53 Å². The van der Waals surface area contributed by atoms with Gasteiger partial charge in [-0.3, -0.25) is 4.79 Å². The summed E-state index contributed by atoms with van der Waals surface area (Å²) in [6, 6.07) is -0.0272. The Balaban J connectivity index is 1.74. The van der Waals surface area contributed by atoms with Crippen LogP contribution in [0, 0.1) is 5.92 Å². The molecule has 0 radical (unpaired) electrons. The fraction of sp³-hybridized carbons (Fsp3) is 0.917. The van der Waals surface area contributed by atoms with Crippen molar-refractivity contribution in [1.82, 2.24) is 5.32 Å². The van der Waals surface area contributed by atoms with E-state index >= 15 is 0 Å². The first kappa shape index (κ1) is 11.1. The summed E-state index contributed by atoms with van der Waals surface area (Å²) in [7, 11) is 0. The molecule has 0 spiro atoms. The van der Waals surface area contributed by atoms with E-state index in [1.54, 1.807) is 0 Å². The summed E-state index contributed by atoms with van der Waals surface area (Å²) in [6.45, 7) is 2.14. The molecule has 2 rings (SSSR count). The summed E-state index contributed by atoms with van der Waals surface area (Å²) < 4.78 is 5.31. The molecule has 1 aliphatic carbocycles. The number of carbonyl (C=O) groups is 1. The van der Waals surface area contributed by atoms with Gasteiger partial charge in [-0.05, 0) is 5.92 Å². The lowest BCUT2D eigenvalue weighted by atomic mass is 9.85. The summed E-state index contributed by atoms with van der Waals surface area (Å²) in [5, 5.41) is 3.23. The van der Waals surface area contributed by atoms with Crippen LogP contribution in [0.25, 0.3) is 0 Å². The molecule has 1 heterocycles. The molecule has 1 saturated heterocycles. The molecule has 1 N–H and O–H groups in total. The van der Waals surface area contributed by atoms with E-state index in [4.69, 9.17) is 4.74 Å². The van der Waals surface area contributed by atoms with E-state index in [0.29, 0.717) is 18.3 Å². The van der Waals surface area contributed by atoms with E-state index in [0.717, 1.165) is 19.6 Å². The molecular formula is C12H21NO2. The fourth-order valence-corrected chi connectivity index (χ4v) is 2.59. The third-order valence-corrected chi connectivity index (χ3v) is 3.52. The van der Waals surface area contributed by atoms with Crippen molar-refractivity contribution in [2.45, 2.75) is 44.6 Å². The summed E-state index contributed by atoms with van der Waals surface area (Å²) in [4.78, 5) is 11.9. The highest BCUT2D eigenvalue weighted by Crippen LogP contribution is 2.26. The summed E-state index contributed by atoms with van der Waals surface area (Å²) in [5.41, 5.74) is 0. The van der Waals surface area contributed by atoms with Gasteiger partial charge >= 0.3 is 0 Å². The van der Waals surface area contributed by atoms with Crippen molar-refractivity contribution in [3.05, 3.63) is 0 Å². The number of hydrogen-bond donors (Lipinski definition) is 1. The Morgan fingerprint density at radius 3 is 2.73 bits per heavy atom. The number of carbonyl (C=O) groups excluding carboxylic acids is 1. The van der Waals surface area contributed by atoms with Crippen molar-refractivity contribution in [2.75, 3.05) is 19.8 Å². The Kier molecular flexibility index (Phi) is 4.15. The highest BCUT2D eigenvalue weighted by molar-refractivity contribution is 5.84. The Hall–Kier alpha value is -0.410. The fourth-order valence-electron chi connectivity index (χ4n) is 2.59. The van der Waals surface area contributed by atoms with Crippen molar-refractivity contribution in [3.63, 3.8) is 0 Å². The number of ether oxygens (including phenoxy) is 1. The SMILES string of the molecule is O=C(CC1CCCCC1)C1COCCN1. The zero-order chi connectivity index (χ0) is 10.5. The molecule has 1 aliphatic heterocycles. The van der Waals surface area contributed by atoms with Gasteiger partial charge in [0.1, 0.15) is 0 Å². The molecular weight excluding hydrogens is 190 g/mol. The van der Waals surface area contributed by atoms with Crippen LogP contribution in [0.3, 0.4) is 0 Å². The molecule has 15 heavy (non-hydrogen) atoms. The van der Waals surface area contributed by atoms with Crippen LogP contribution >= 0.6 is 0 Å². The van der Waals surface area contributed by atoms with Crippen LogP contribution in [0.5, 0.6) is 0 Å². The second kappa shape index (κ2) is 5.61. The quantitative estimate of drug-likeness (QED) is 0.769. The number of hydrogen-bond acceptors (Lipinski definition) is 3. The zero-order valence-corrected chi connectivity index (χ0v) is 9.34. The second-order valence-electron chi connectivity index (χ2n) is 4.76. The molecule has 0 aromatic rings. The van der Waals surface area contributed by atoms with Crippen LogP contribution in [0.2, 0.25) is 0 Å². The number of ketones is 1. The van der Waals surface area contributed by atoms with Crippen LogP contribution < -0.4 is 5.32 Å². The molecule has 1 atom stereocenters. The third kappa shape index (κ3) is 3.28. The maximum absolute atomic E-state index is 11.9. The van der Waals surface area contributed by atoms with Crippen LogP contribution in [-0.2, 0) is 9.53 Å². The van der Waals surface area contributed by atoms with Crippen LogP contribution in [0.1, 0.15) is 38.5 Å². The minimum atomic E-state index is -0.0272. The first-order valence-corrected chi connectivity index (χ1v) is 6.20. The average molecular weight is 211 g/mol. The van der Waals surface area contributed by atoms with Crippen molar-refractivity contribution in [1.29, 1.82) is 0 Å². The number of Topliss-reactive ketones (excluding diaryl/α,β-unsaturated/α-hetero) is 1. The Morgan fingerprint density at radius 2 is 2.07 bits per heavy atom. The molecule has 3 nitrogen and oxygen atoms in total. The molecule has 0 aromatic heterocycles. The normalized spacial score (nSPS) is 28.9. The van der Waals surface area contributed by atoms with Gasteiger partial charge in [0.15, 0.2) is 5.78 Å². The predicted octanol–water partition coefficient (Wildman–Crippen LogP) is 1.51. The maximum atomic E-state index is 11.9. The molecule has 0 aromatic carbocycles. The first-order chi connectivity index (χ1) is 7.36. The molecule has 3 heteroatoms. The summed E-state index contributed by atoms with van der Waals surface area (Å²) in [6.07, 6.45) is 7.24. The first-order valence-electron chi connectivity index (χ1n) is 6.20. The predicted molar refractivity (Wildman–Crippen MR) is 58.8 cm³/mol. The molecule has 1 saturated carbocycles. The van der Waals surface area contributed by atoms with Gasteiger partial charge in [0.2, 0.25) is 0 Å². The van der Waals surface area contributed by atoms with E-state index < -0.39 is 0 Å². The van der Waals surface area contributed by atoms with Gasteiger partial charge in [-0.1, -0.05) is 32.1 Å². The Labute approximate surface area is 91.6 Å². The number of nitrogens with one attached hydrogen (secondary N) is 1. The number of morpholine rings is 1. The monoisotopic (exact) mass is 211 g/mol. The van der Waals surface area contributed by atoms with Gasteiger partial charge in [-0.25, -0.2) is 0 Å². The van der Waals surface area contributed by atoms with Gasteiger partial charge < -0.3 is 10.1 Å². The Bertz CT molecular complexity index is 206. The summed E-state index contributed by atoms with van der Waals surface area (Å²) in [5.74, 6) is 1.01. The van der Waals surface area contributed by atoms with Gasteiger partial charge in [0, 0.05) is 13.0 Å². The molecule has 0 bridgehead atoms. The average Bonchev–Trinajstić information content (AvgIpc) is 2.31. The lowest BCUT2D eigenvalue weighted by Crippen LogP contribution is -2.46. The van der Waals surface area contributed by atoms with Gasteiger partial charge in [-0.15, -0.1) is 0 Å². The van der Waals surface area contributed by atoms with Crippen molar-refractivity contribution >= 4 is 5.78 Å². The molecule has 2 aliphatic rings. The molecule has 2 fully saturated rings. The summed E-state index contributed by atoms with van der Waals surface area (Å²) >= 11 is 0. The minimum absolute atomic E-state index is 0.0272. The second-order valence-corrected chi connectivity index (χ2v) is 4.76. The lowest BCUT2D eigenvalue weighted by molar-refractivity contribution is -0.124. The van der Waals surface area contributed by atoms with E-state index in [1.165, 1.54) is 32.1 Å². The van der Waals surface area contributed by atoms with Crippen molar-refractivity contribution in [2.24, 2.45) is 5.92 Å². The van der Waals surface area contributed by atoms with E-state index in [9.17, 15) is 4.79 Å². The van der Waals surface area contributed by atoms with E-state index in [-0.39, 0.29) is 6.04 Å². The topological polar surface area (TPSA) is 38.3 Å². The highest BCUT2D eigenvalue weighted by atomic mass is 16.5. The van der Waals surface area contributed by atoms with Gasteiger partial charge in [0.25, 0.3) is 0 Å². The van der Waals surface area contributed by atoms with E-state index in [1.807, 2.05) is 0 Å². The standard InChI is InChI=1S/C12H21NO2/c14-12(11-9-15-7-6-13-11)8-10-4-2-1-3-5-10/h10-11,13H,1-9H2. The maximum Gasteiger partial charge on any atom is 0.152 e. The molecule has 1 unspecified atom stereocenters. The molecule has 86 valence electrons. The van der Waals surface area contributed by atoms with Crippen LogP contribution in [0.4, 0.5) is 0 Å². The number of rotatable bonds is 3. The van der Waals surface area contributed by atoms with Gasteiger partial charge in [0.05, 0.1) is 19.3 Å². The van der Waals surface area contributed by atoms with Gasteiger partial charge in [-0.2, -0.15) is 0 Å². The Morgan fingerprint density at radius 1 is 1.27 bits per heavy atom. The van der Waals surface area contributed by atoms with E-state index in [2.05, 4.69) is 5.32 Å². The zero-order valence-electron chi connectivity index (χ0n) is 9.34. The van der Waals surface area contributed by atoms with Crippen LogP contribution in [0.15, 0.2) is 0 Å². The molecule has 0 amide bonds. The minimum Gasteiger partial charge on any atom is -0.378 e. The highest BCUT2D eigenvalue weighted by Gasteiger charge is 2.24. The van der Waals surface area contributed by atoms with Crippen LogP contribution in [-0.4, -0.2) is 31.6 Å². The van der Waals surface area contributed by atoms with Crippen molar-refractivity contribution in [3.8, 4) is 0 Å². The third-order valence-electron chi connectivity index (χ3n) is 3.52.